The van der Waals surface area contributed by atoms with Gasteiger partial charge in [0.1, 0.15) is 0 Å². The maximum atomic E-state index is 11.7. The van der Waals surface area contributed by atoms with Gasteiger partial charge in [0.15, 0.2) is 0 Å². The summed E-state index contributed by atoms with van der Waals surface area (Å²) in [6.07, 6.45) is 1.06. The van der Waals surface area contributed by atoms with Crippen molar-refractivity contribution in [3.05, 3.63) is 45.9 Å². The number of amides is 1. The molecule has 1 N–H and O–H groups in total. The highest BCUT2D eigenvalue weighted by Gasteiger charge is 2.06. The summed E-state index contributed by atoms with van der Waals surface area (Å²) < 4.78 is 0. The van der Waals surface area contributed by atoms with Crippen LogP contribution in [0.5, 0.6) is 0 Å². The second-order valence-electron chi connectivity index (χ2n) is 3.51. The predicted molar refractivity (Wildman–Crippen MR) is 70.5 cm³/mol. The van der Waals surface area contributed by atoms with Gasteiger partial charge in [-0.05, 0) is 18.6 Å². The smallest absolute Gasteiger partial charge is 0.224 e. The van der Waals surface area contributed by atoms with Crippen LogP contribution in [0, 0.1) is 0 Å². The van der Waals surface area contributed by atoms with Gasteiger partial charge in [0.05, 0.1) is 21.9 Å². The summed E-state index contributed by atoms with van der Waals surface area (Å²) in [5.74, 6) is -0.0499. The Morgan fingerprint density at radius 2 is 2.24 bits per heavy atom. The first kappa shape index (κ1) is 12.1. The Hall–Kier alpha value is -1.39. The van der Waals surface area contributed by atoms with E-state index in [1.165, 1.54) is 11.3 Å². The van der Waals surface area contributed by atoms with Crippen LogP contribution in [0.1, 0.15) is 12.1 Å². The number of halogens is 1. The number of carbonyl (C=O) groups is 1. The number of aryl methyl sites for hydroxylation is 1. The van der Waals surface area contributed by atoms with E-state index in [-0.39, 0.29) is 5.91 Å². The Labute approximate surface area is 108 Å². The van der Waals surface area contributed by atoms with Crippen molar-refractivity contribution in [1.82, 2.24) is 4.98 Å². The van der Waals surface area contributed by atoms with Crippen molar-refractivity contribution in [1.29, 1.82) is 0 Å². The molecule has 0 saturated carbocycles. The Morgan fingerprint density at radius 1 is 1.41 bits per heavy atom. The highest BCUT2D eigenvalue weighted by Crippen LogP contribution is 2.20. The second-order valence-corrected chi connectivity index (χ2v) is 4.63. The van der Waals surface area contributed by atoms with Gasteiger partial charge in [-0.3, -0.25) is 4.79 Å². The Kier molecular flexibility index (Phi) is 4.12. The molecule has 1 aromatic carbocycles. The molecule has 0 unspecified atom stereocenters. The van der Waals surface area contributed by atoms with Gasteiger partial charge in [-0.15, -0.1) is 11.3 Å². The van der Waals surface area contributed by atoms with Gasteiger partial charge in [0, 0.05) is 11.8 Å². The van der Waals surface area contributed by atoms with E-state index in [1.54, 1.807) is 17.6 Å². The van der Waals surface area contributed by atoms with Crippen LogP contribution in [-0.4, -0.2) is 10.9 Å². The van der Waals surface area contributed by atoms with Gasteiger partial charge in [0.2, 0.25) is 5.91 Å². The van der Waals surface area contributed by atoms with E-state index in [2.05, 4.69) is 10.3 Å². The third kappa shape index (κ3) is 3.54. The van der Waals surface area contributed by atoms with Crippen LogP contribution in [0.4, 0.5) is 5.69 Å². The molecule has 1 aromatic heterocycles. The van der Waals surface area contributed by atoms with Crippen molar-refractivity contribution >= 4 is 34.5 Å². The molecule has 2 rings (SSSR count). The molecule has 3 nitrogen and oxygen atoms in total. The number of anilines is 1. The second kappa shape index (κ2) is 5.80. The zero-order valence-corrected chi connectivity index (χ0v) is 10.6. The minimum atomic E-state index is -0.0499. The van der Waals surface area contributed by atoms with Crippen molar-refractivity contribution < 1.29 is 4.79 Å². The average molecular weight is 267 g/mol. The van der Waals surface area contributed by atoms with E-state index in [0.29, 0.717) is 23.6 Å². The molecule has 0 atom stereocenters. The largest absolute Gasteiger partial charge is 0.325 e. The topological polar surface area (TPSA) is 42.0 Å². The molecule has 0 bridgehead atoms. The lowest BCUT2D eigenvalue weighted by Gasteiger charge is -2.05. The molecule has 1 amide bonds. The van der Waals surface area contributed by atoms with E-state index < -0.39 is 0 Å². The molecule has 5 heteroatoms. The van der Waals surface area contributed by atoms with E-state index in [9.17, 15) is 4.79 Å². The maximum absolute atomic E-state index is 11.7. The quantitative estimate of drug-likeness (QED) is 0.922. The summed E-state index contributed by atoms with van der Waals surface area (Å²) in [6, 6.07) is 7.19. The van der Waals surface area contributed by atoms with Crippen LogP contribution in [0.3, 0.4) is 0 Å². The number of carbonyl (C=O) groups excluding carboxylic acids is 1. The number of aromatic nitrogens is 1. The van der Waals surface area contributed by atoms with Crippen LogP contribution in [0.2, 0.25) is 5.02 Å². The minimum absolute atomic E-state index is 0.0499. The molecule has 0 saturated heterocycles. The van der Waals surface area contributed by atoms with Crippen molar-refractivity contribution in [2.24, 2.45) is 0 Å². The van der Waals surface area contributed by atoms with E-state index >= 15 is 0 Å². The van der Waals surface area contributed by atoms with Crippen molar-refractivity contribution in [3.8, 4) is 0 Å². The summed E-state index contributed by atoms with van der Waals surface area (Å²) in [5.41, 5.74) is 3.36. The number of para-hydroxylation sites is 1. The van der Waals surface area contributed by atoms with E-state index in [0.717, 1.165) is 5.69 Å². The molecular formula is C12H11ClN2OS. The first-order valence-electron chi connectivity index (χ1n) is 5.17. The van der Waals surface area contributed by atoms with Crippen LogP contribution in [-0.2, 0) is 11.2 Å². The summed E-state index contributed by atoms with van der Waals surface area (Å²) in [5, 5.41) is 5.28. The third-order valence-electron chi connectivity index (χ3n) is 2.24. The Bertz CT molecular complexity index is 499. The molecular weight excluding hydrogens is 256 g/mol. The highest BCUT2D eigenvalue weighted by atomic mass is 35.5. The predicted octanol–water partition coefficient (Wildman–Crippen LogP) is 3.37. The number of hydrogen-bond acceptors (Lipinski definition) is 3. The number of hydrogen-bond donors (Lipinski definition) is 1. The summed E-state index contributed by atoms with van der Waals surface area (Å²) in [6.45, 7) is 0. The Morgan fingerprint density at radius 3 is 2.94 bits per heavy atom. The van der Waals surface area contributed by atoms with E-state index in [4.69, 9.17) is 11.6 Å². The molecule has 2 aromatic rings. The average Bonchev–Trinajstić information content (AvgIpc) is 2.82. The molecule has 0 aliphatic carbocycles. The van der Waals surface area contributed by atoms with Gasteiger partial charge in [0.25, 0.3) is 0 Å². The summed E-state index contributed by atoms with van der Waals surface area (Å²) >= 11 is 7.48. The number of thiazole rings is 1. The zero-order chi connectivity index (χ0) is 12.1. The lowest BCUT2D eigenvalue weighted by molar-refractivity contribution is -0.116. The standard InChI is InChI=1S/C12H11ClN2OS/c13-10-3-1-2-4-11(10)15-12(16)6-5-9-7-17-8-14-9/h1-4,7-8H,5-6H2,(H,15,16). The summed E-state index contributed by atoms with van der Waals surface area (Å²) in [4.78, 5) is 15.8. The van der Waals surface area contributed by atoms with Gasteiger partial charge in [-0.2, -0.15) is 0 Å². The van der Waals surface area contributed by atoms with Crippen LogP contribution in [0.25, 0.3) is 0 Å². The molecule has 1 heterocycles. The van der Waals surface area contributed by atoms with Gasteiger partial charge >= 0.3 is 0 Å². The van der Waals surface area contributed by atoms with Gasteiger partial charge in [-0.1, -0.05) is 23.7 Å². The van der Waals surface area contributed by atoms with E-state index in [1.807, 2.05) is 17.5 Å². The maximum Gasteiger partial charge on any atom is 0.224 e. The molecule has 0 spiro atoms. The fraction of sp³-hybridized carbons (Fsp3) is 0.167. The normalized spacial score (nSPS) is 10.2. The van der Waals surface area contributed by atoms with Gasteiger partial charge < -0.3 is 5.32 Å². The molecule has 0 aliphatic rings. The lowest BCUT2D eigenvalue weighted by Crippen LogP contribution is -2.12. The number of benzene rings is 1. The van der Waals surface area contributed by atoms with Crippen LogP contribution >= 0.6 is 22.9 Å². The molecule has 0 fully saturated rings. The zero-order valence-electron chi connectivity index (χ0n) is 9.02. The lowest BCUT2D eigenvalue weighted by atomic mass is 10.2. The molecule has 88 valence electrons. The summed E-state index contributed by atoms with van der Waals surface area (Å²) in [7, 11) is 0. The first-order valence-corrected chi connectivity index (χ1v) is 6.49. The number of rotatable bonds is 4. The van der Waals surface area contributed by atoms with Crippen molar-refractivity contribution in [3.63, 3.8) is 0 Å². The van der Waals surface area contributed by atoms with Crippen molar-refractivity contribution in [2.75, 3.05) is 5.32 Å². The van der Waals surface area contributed by atoms with Gasteiger partial charge in [-0.25, -0.2) is 4.98 Å². The van der Waals surface area contributed by atoms with Crippen LogP contribution < -0.4 is 5.32 Å². The SMILES string of the molecule is O=C(CCc1cscn1)Nc1ccccc1Cl. The number of nitrogens with one attached hydrogen (secondary N) is 1. The first-order chi connectivity index (χ1) is 8.25. The molecule has 17 heavy (non-hydrogen) atoms. The molecule has 0 aliphatic heterocycles. The number of nitrogens with zero attached hydrogens (tertiary/aromatic N) is 1. The van der Waals surface area contributed by atoms with Crippen LogP contribution in [0.15, 0.2) is 35.2 Å². The minimum Gasteiger partial charge on any atom is -0.325 e. The Balaban J connectivity index is 1.87. The fourth-order valence-corrected chi connectivity index (χ4v) is 2.15. The fourth-order valence-electron chi connectivity index (χ4n) is 1.38. The molecule has 0 radical (unpaired) electrons. The third-order valence-corrected chi connectivity index (χ3v) is 3.20. The highest BCUT2D eigenvalue weighted by molar-refractivity contribution is 7.07. The monoisotopic (exact) mass is 266 g/mol. The van der Waals surface area contributed by atoms with Crippen molar-refractivity contribution in [2.45, 2.75) is 12.8 Å².